The van der Waals surface area contributed by atoms with Crippen LogP contribution >= 0.6 is 0 Å². The molecule has 0 fully saturated rings. The first kappa shape index (κ1) is 13.9. The smallest absolute Gasteiger partial charge is 0.128 e. The molecule has 0 radical (unpaired) electrons. The molecule has 0 saturated heterocycles. The van der Waals surface area contributed by atoms with Gasteiger partial charge in [-0.15, -0.1) is 0 Å². The summed E-state index contributed by atoms with van der Waals surface area (Å²) in [6.45, 7) is 4.50. The highest BCUT2D eigenvalue weighted by atomic mass is 19.1. The summed E-state index contributed by atoms with van der Waals surface area (Å²) in [5.74, 6) is -0.184. The lowest BCUT2D eigenvalue weighted by Crippen LogP contribution is -2.24. The zero-order chi connectivity index (χ0) is 12.7. The molecule has 0 aliphatic heterocycles. The number of hydrogen-bond donors (Lipinski definition) is 1. The van der Waals surface area contributed by atoms with Crippen LogP contribution < -0.4 is 10.6 Å². The van der Waals surface area contributed by atoms with Gasteiger partial charge < -0.3 is 15.4 Å². The molecule has 2 N–H and O–H groups in total. The summed E-state index contributed by atoms with van der Waals surface area (Å²) in [5.41, 5.74) is 7.10. The van der Waals surface area contributed by atoms with Gasteiger partial charge in [0.1, 0.15) is 5.82 Å². The number of nitrogens with two attached hydrogens (primary N) is 1. The fourth-order valence-corrected chi connectivity index (χ4v) is 1.76. The average molecular weight is 240 g/mol. The lowest BCUT2D eigenvalue weighted by atomic mass is 10.1. The van der Waals surface area contributed by atoms with Gasteiger partial charge in [0.25, 0.3) is 0 Å². The number of anilines is 1. The third-order valence-electron chi connectivity index (χ3n) is 2.67. The van der Waals surface area contributed by atoms with Gasteiger partial charge in [-0.3, -0.25) is 0 Å². The Kier molecular flexibility index (Phi) is 5.94. The maximum atomic E-state index is 13.7. The van der Waals surface area contributed by atoms with Crippen molar-refractivity contribution in [2.24, 2.45) is 5.73 Å². The van der Waals surface area contributed by atoms with E-state index in [-0.39, 0.29) is 5.82 Å². The van der Waals surface area contributed by atoms with E-state index in [0.717, 1.165) is 12.2 Å². The van der Waals surface area contributed by atoms with Crippen LogP contribution in [0.15, 0.2) is 18.2 Å². The summed E-state index contributed by atoms with van der Waals surface area (Å²) in [7, 11) is 1.94. The van der Waals surface area contributed by atoms with E-state index in [1.807, 2.05) is 24.9 Å². The SMILES string of the molecule is CCOCCN(C)c1cccc(F)c1CCN. The molecule has 17 heavy (non-hydrogen) atoms. The van der Waals surface area contributed by atoms with Crippen molar-refractivity contribution < 1.29 is 9.13 Å². The second-order valence-corrected chi connectivity index (χ2v) is 3.89. The van der Waals surface area contributed by atoms with Crippen LogP contribution in [0.4, 0.5) is 10.1 Å². The van der Waals surface area contributed by atoms with Crippen LogP contribution in [0.2, 0.25) is 0 Å². The predicted octanol–water partition coefficient (Wildman–Crippen LogP) is 1.80. The summed E-state index contributed by atoms with van der Waals surface area (Å²) in [6.07, 6.45) is 0.557. The number of ether oxygens (including phenoxy) is 1. The van der Waals surface area contributed by atoms with Crippen molar-refractivity contribution in [3.05, 3.63) is 29.6 Å². The Labute approximate surface area is 102 Å². The van der Waals surface area contributed by atoms with Gasteiger partial charge in [-0.1, -0.05) is 6.07 Å². The van der Waals surface area contributed by atoms with Crippen LogP contribution in [0.5, 0.6) is 0 Å². The summed E-state index contributed by atoms with van der Waals surface area (Å²) in [5, 5.41) is 0. The Balaban J connectivity index is 2.77. The molecule has 0 unspecified atom stereocenters. The van der Waals surface area contributed by atoms with Crippen molar-refractivity contribution in [2.45, 2.75) is 13.3 Å². The zero-order valence-electron chi connectivity index (χ0n) is 10.6. The lowest BCUT2D eigenvalue weighted by Gasteiger charge is -2.22. The maximum absolute atomic E-state index is 13.7. The van der Waals surface area contributed by atoms with Crippen molar-refractivity contribution in [1.29, 1.82) is 0 Å². The average Bonchev–Trinajstić information content (AvgIpc) is 2.32. The van der Waals surface area contributed by atoms with Gasteiger partial charge in [0.2, 0.25) is 0 Å². The summed E-state index contributed by atoms with van der Waals surface area (Å²) >= 11 is 0. The van der Waals surface area contributed by atoms with Crippen LogP contribution in [-0.2, 0) is 11.2 Å². The molecule has 0 spiro atoms. The van der Waals surface area contributed by atoms with E-state index in [0.29, 0.717) is 31.7 Å². The highest BCUT2D eigenvalue weighted by Gasteiger charge is 2.10. The molecule has 96 valence electrons. The quantitative estimate of drug-likeness (QED) is 0.739. The Hall–Kier alpha value is -1.13. The number of hydrogen-bond acceptors (Lipinski definition) is 3. The number of likely N-dealkylation sites (N-methyl/N-ethyl adjacent to an activating group) is 1. The van der Waals surface area contributed by atoms with Gasteiger partial charge >= 0.3 is 0 Å². The van der Waals surface area contributed by atoms with E-state index in [1.54, 1.807) is 6.07 Å². The fraction of sp³-hybridized carbons (Fsp3) is 0.538. The monoisotopic (exact) mass is 240 g/mol. The Morgan fingerprint density at radius 2 is 2.18 bits per heavy atom. The number of halogens is 1. The standard InChI is InChI=1S/C13H21FN2O/c1-3-17-10-9-16(2)13-6-4-5-12(14)11(13)7-8-15/h4-6H,3,7-10,15H2,1-2H3. The second-order valence-electron chi connectivity index (χ2n) is 3.89. The first-order valence-electron chi connectivity index (χ1n) is 5.97. The highest BCUT2D eigenvalue weighted by Crippen LogP contribution is 2.22. The molecule has 0 aliphatic rings. The van der Waals surface area contributed by atoms with Gasteiger partial charge in [0.05, 0.1) is 6.61 Å². The molecule has 0 aromatic heterocycles. The topological polar surface area (TPSA) is 38.5 Å². The first-order valence-corrected chi connectivity index (χ1v) is 5.97. The minimum Gasteiger partial charge on any atom is -0.380 e. The van der Waals surface area contributed by atoms with E-state index in [9.17, 15) is 4.39 Å². The van der Waals surface area contributed by atoms with Crippen molar-refractivity contribution in [3.8, 4) is 0 Å². The van der Waals surface area contributed by atoms with E-state index >= 15 is 0 Å². The molecule has 0 saturated carbocycles. The Morgan fingerprint density at radius 3 is 2.82 bits per heavy atom. The Bertz CT molecular complexity index is 344. The van der Waals surface area contributed by atoms with E-state index < -0.39 is 0 Å². The molecule has 4 heteroatoms. The van der Waals surface area contributed by atoms with Gasteiger partial charge in [0, 0.05) is 31.5 Å². The van der Waals surface area contributed by atoms with Crippen molar-refractivity contribution in [1.82, 2.24) is 0 Å². The normalized spacial score (nSPS) is 10.6. The lowest BCUT2D eigenvalue weighted by molar-refractivity contribution is 0.154. The van der Waals surface area contributed by atoms with Crippen LogP contribution in [0.3, 0.4) is 0 Å². The van der Waals surface area contributed by atoms with Crippen molar-refractivity contribution >= 4 is 5.69 Å². The molecule has 0 amide bonds. The first-order chi connectivity index (χ1) is 8.20. The molecule has 1 aromatic carbocycles. The molecule has 1 aromatic rings. The van der Waals surface area contributed by atoms with Crippen LogP contribution in [0.25, 0.3) is 0 Å². The largest absolute Gasteiger partial charge is 0.380 e. The number of rotatable bonds is 7. The molecular formula is C13H21FN2O. The number of nitrogens with zero attached hydrogens (tertiary/aromatic N) is 1. The number of benzene rings is 1. The maximum Gasteiger partial charge on any atom is 0.128 e. The Morgan fingerprint density at radius 1 is 1.41 bits per heavy atom. The summed E-state index contributed by atoms with van der Waals surface area (Å²) < 4.78 is 19.0. The summed E-state index contributed by atoms with van der Waals surface area (Å²) in [4.78, 5) is 2.00. The fourth-order valence-electron chi connectivity index (χ4n) is 1.76. The van der Waals surface area contributed by atoms with Gasteiger partial charge in [0.15, 0.2) is 0 Å². The third-order valence-corrected chi connectivity index (χ3v) is 2.67. The third kappa shape index (κ3) is 3.98. The molecule has 0 atom stereocenters. The van der Waals surface area contributed by atoms with E-state index in [4.69, 9.17) is 10.5 Å². The second kappa shape index (κ2) is 7.25. The van der Waals surface area contributed by atoms with Crippen LogP contribution in [-0.4, -0.2) is 33.4 Å². The minimum atomic E-state index is -0.184. The van der Waals surface area contributed by atoms with Gasteiger partial charge in [-0.05, 0) is 32.0 Å². The zero-order valence-corrected chi connectivity index (χ0v) is 10.6. The van der Waals surface area contributed by atoms with Crippen molar-refractivity contribution in [2.75, 3.05) is 38.3 Å². The van der Waals surface area contributed by atoms with E-state index in [2.05, 4.69) is 0 Å². The van der Waals surface area contributed by atoms with Gasteiger partial charge in [-0.25, -0.2) is 4.39 Å². The van der Waals surface area contributed by atoms with E-state index in [1.165, 1.54) is 6.07 Å². The molecule has 0 bridgehead atoms. The minimum absolute atomic E-state index is 0.184. The van der Waals surface area contributed by atoms with Crippen LogP contribution in [0.1, 0.15) is 12.5 Å². The van der Waals surface area contributed by atoms with Crippen molar-refractivity contribution in [3.63, 3.8) is 0 Å². The molecule has 0 aliphatic carbocycles. The highest BCUT2D eigenvalue weighted by molar-refractivity contribution is 5.53. The van der Waals surface area contributed by atoms with Gasteiger partial charge in [-0.2, -0.15) is 0 Å². The predicted molar refractivity (Wildman–Crippen MR) is 68.9 cm³/mol. The van der Waals surface area contributed by atoms with Crippen LogP contribution in [0, 0.1) is 5.82 Å². The summed E-state index contributed by atoms with van der Waals surface area (Å²) in [6, 6.07) is 5.12. The molecule has 3 nitrogen and oxygen atoms in total. The molecule has 0 heterocycles. The molecule has 1 rings (SSSR count). The molecular weight excluding hydrogens is 219 g/mol.